The summed E-state index contributed by atoms with van der Waals surface area (Å²) < 4.78 is 14.5. The Bertz CT molecular complexity index is 792. The molecule has 0 radical (unpaired) electrons. The van der Waals surface area contributed by atoms with Crippen LogP contribution in [0.1, 0.15) is 31.3 Å². The molecule has 1 aromatic carbocycles. The van der Waals surface area contributed by atoms with Gasteiger partial charge in [-0.2, -0.15) is 0 Å². The summed E-state index contributed by atoms with van der Waals surface area (Å²) in [6, 6.07) is 5.51. The summed E-state index contributed by atoms with van der Waals surface area (Å²) >= 11 is 1.67. The first-order chi connectivity index (χ1) is 11.4. The zero-order valence-electron chi connectivity index (χ0n) is 13.3. The number of hydrogen-bond donors (Lipinski definition) is 1. The van der Waals surface area contributed by atoms with E-state index in [2.05, 4.69) is 29.4 Å². The van der Waals surface area contributed by atoms with Gasteiger partial charge in [-0.3, -0.25) is 4.79 Å². The van der Waals surface area contributed by atoms with Gasteiger partial charge >= 0.3 is 0 Å². The highest BCUT2D eigenvalue weighted by Gasteiger charge is 2.61. The first-order valence-electron chi connectivity index (χ1n) is 7.64. The first-order valence-corrected chi connectivity index (χ1v) is 8.52. The van der Waals surface area contributed by atoms with E-state index >= 15 is 0 Å². The highest BCUT2D eigenvalue weighted by molar-refractivity contribution is 8.01. The molecule has 0 saturated carbocycles. The molecule has 1 amide bonds. The van der Waals surface area contributed by atoms with Crippen LogP contribution in [0, 0.1) is 5.82 Å². The Kier molecular flexibility index (Phi) is 3.40. The fourth-order valence-electron chi connectivity index (χ4n) is 3.34. The second kappa shape index (κ2) is 5.25. The molecular weight excluding hydrogens is 331 g/mol. The number of β-lactam (4-membered cyclic amide) rings is 1. The molecule has 7 nitrogen and oxygen atoms in total. The van der Waals surface area contributed by atoms with Crippen LogP contribution >= 0.6 is 11.8 Å². The second-order valence-corrected chi connectivity index (χ2v) is 8.38. The van der Waals surface area contributed by atoms with Crippen LogP contribution in [-0.2, 0) is 11.3 Å². The lowest BCUT2D eigenvalue weighted by Gasteiger charge is -2.42. The van der Waals surface area contributed by atoms with E-state index in [1.165, 1.54) is 12.1 Å². The van der Waals surface area contributed by atoms with Gasteiger partial charge in [0.05, 0.1) is 6.54 Å². The summed E-state index contributed by atoms with van der Waals surface area (Å²) in [7, 11) is 0. The van der Waals surface area contributed by atoms with E-state index in [0.29, 0.717) is 12.4 Å². The Labute approximate surface area is 142 Å². The number of tetrazole rings is 1. The minimum absolute atomic E-state index is 0.0338. The second-order valence-electron chi connectivity index (χ2n) is 6.61. The van der Waals surface area contributed by atoms with Crippen LogP contribution in [0.2, 0.25) is 0 Å². The van der Waals surface area contributed by atoms with Crippen molar-refractivity contribution in [1.29, 1.82) is 0 Å². The molecule has 4 rings (SSSR count). The lowest BCUT2D eigenvalue weighted by Crippen LogP contribution is -2.65. The van der Waals surface area contributed by atoms with Gasteiger partial charge in [0.15, 0.2) is 5.82 Å². The van der Waals surface area contributed by atoms with Gasteiger partial charge in [0.25, 0.3) is 0 Å². The summed E-state index contributed by atoms with van der Waals surface area (Å²) in [5.74, 6) is 0.269. The average molecular weight is 348 g/mol. The Balaban J connectivity index is 1.66. The van der Waals surface area contributed by atoms with Gasteiger partial charge in [-0.05, 0) is 42.0 Å². The molecular formula is C15H17FN6OS. The number of rotatable bonds is 3. The van der Waals surface area contributed by atoms with E-state index < -0.39 is 6.04 Å². The van der Waals surface area contributed by atoms with Crippen molar-refractivity contribution in [2.45, 2.75) is 42.6 Å². The summed E-state index contributed by atoms with van der Waals surface area (Å²) in [6.45, 7) is 4.55. The van der Waals surface area contributed by atoms with Gasteiger partial charge in [0.2, 0.25) is 5.91 Å². The Hall–Kier alpha value is -2.00. The zero-order chi connectivity index (χ0) is 17.1. The molecule has 126 valence electrons. The fraction of sp³-hybridized carbons (Fsp3) is 0.467. The maximum absolute atomic E-state index is 13.1. The quantitative estimate of drug-likeness (QED) is 0.830. The number of nitrogens with two attached hydrogens (primary N) is 1. The van der Waals surface area contributed by atoms with Gasteiger partial charge in [-0.15, -0.1) is 16.9 Å². The number of aromatic nitrogens is 4. The van der Waals surface area contributed by atoms with E-state index in [1.54, 1.807) is 33.5 Å². The van der Waals surface area contributed by atoms with Crippen molar-refractivity contribution < 1.29 is 9.18 Å². The first kappa shape index (κ1) is 15.5. The van der Waals surface area contributed by atoms with Crippen LogP contribution < -0.4 is 5.73 Å². The van der Waals surface area contributed by atoms with Crippen molar-refractivity contribution in [2.75, 3.05) is 0 Å². The number of thioether (sulfide) groups is 1. The van der Waals surface area contributed by atoms with Crippen LogP contribution in [0.25, 0.3) is 0 Å². The van der Waals surface area contributed by atoms with Crippen molar-refractivity contribution in [3.8, 4) is 0 Å². The van der Waals surface area contributed by atoms with Crippen LogP contribution in [0.15, 0.2) is 24.3 Å². The third-order valence-corrected chi connectivity index (χ3v) is 6.12. The van der Waals surface area contributed by atoms with Crippen LogP contribution in [0.3, 0.4) is 0 Å². The van der Waals surface area contributed by atoms with Crippen molar-refractivity contribution in [3.05, 3.63) is 41.5 Å². The fourth-order valence-corrected chi connectivity index (χ4v) is 4.92. The standard InChI is InChI=1S/C15H17FN6OS/c1-15(2)11(22-13(23)10(17)14(22)24-15)12-18-19-20-21(12)7-8-3-5-9(16)6-4-8/h3-6,10-11,14H,7,17H2,1-2H3/t10?,11?,14-/m1/s1. The summed E-state index contributed by atoms with van der Waals surface area (Å²) in [5, 5.41) is 12.0. The largest absolute Gasteiger partial charge is 0.317 e. The number of carbonyl (C=O) groups is 1. The lowest BCUT2D eigenvalue weighted by molar-refractivity contribution is -0.147. The summed E-state index contributed by atoms with van der Waals surface area (Å²) in [4.78, 5) is 14.0. The molecule has 0 spiro atoms. The molecule has 2 unspecified atom stereocenters. The van der Waals surface area contributed by atoms with Crippen molar-refractivity contribution in [3.63, 3.8) is 0 Å². The average Bonchev–Trinajstić information content (AvgIpc) is 3.09. The molecule has 0 aliphatic carbocycles. The van der Waals surface area contributed by atoms with Crippen molar-refractivity contribution >= 4 is 17.7 Å². The Morgan fingerprint density at radius 2 is 2.04 bits per heavy atom. The van der Waals surface area contributed by atoms with Crippen molar-refractivity contribution in [1.82, 2.24) is 25.1 Å². The van der Waals surface area contributed by atoms with Gasteiger partial charge in [-0.25, -0.2) is 9.07 Å². The van der Waals surface area contributed by atoms with Crippen LogP contribution in [-0.4, -0.2) is 47.2 Å². The maximum atomic E-state index is 13.1. The number of fused-ring (bicyclic) bond motifs is 1. The molecule has 3 atom stereocenters. The topological polar surface area (TPSA) is 89.9 Å². The molecule has 2 aliphatic heterocycles. The van der Waals surface area contributed by atoms with Gasteiger partial charge in [0, 0.05) is 4.75 Å². The van der Waals surface area contributed by atoms with Gasteiger partial charge < -0.3 is 10.6 Å². The van der Waals surface area contributed by atoms with E-state index in [-0.39, 0.29) is 27.9 Å². The molecule has 2 aromatic rings. The molecule has 2 N–H and O–H groups in total. The lowest BCUT2D eigenvalue weighted by atomic mass is 9.95. The normalized spacial score (nSPS) is 27.9. The molecule has 2 saturated heterocycles. The number of halogens is 1. The third kappa shape index (κ3) is 2.22. The maximum Gasteiger partial charge on any atom is 0.244 e. The van der Waals surface area contributed by atoms with E-state index in [1.807, 2.05) is 0 Å². The van der Waals surface area contributed by atoms with Crippen LogP contribution in [0.5, 0.6) is 0 Å². The molecule has 24 heavy (non-hydrogen) atoms. The highest BCUT2D eigenvalue weighted by atomic mass is 32.2. The minimum atomic E-state index is -0.458. The monoisotopic (exact) mass is 348 g/mol. The number of hydrogen-bond acceptors (Lipinski definition) is 6. The SMILES string of the molecule is CC1(C)S[C@@H]2C(N)C(=O)N2C1c1nnnn1Cc1ccc(F)cc1. The third-order valence-electron chi connectivity index (χ3n) is 4.53. The molecule has 0 bridgehead atoms. The number of nitrogens with zero attached hydrogens (tertiary/aromatic N) is 5. The highest BCUT2D eigenvalue weighted by Crippen LogP contribution is 2.56. The molecule has 9 heteroatoms. The molecule has 3 heterocycles. The van der Waals surface area contributed by atoms with Crippen LogP contribution in [0.4, 0.5) is 4.39 Å². The Morgan fingerprint density at radius 3 is 2.75 bits per heavy atom. The summed E-state index contributed by atoms with van der Waals surface area (Å²) in [5.41, 5.74) is 6.80. The molecule has 1 aromatic heterocycles. The number of benzene rings is 1. The summed E-state index contributed by atoms with van der Waals surface area (Å²) in [6.07, 6.45) is 0. The van der Waals surface area contributed by atoms with Crippen molar-refractivity contribution in [2.24, 2.45) is 5.73 Å². The van der Waals surface area contributed by atoms with Gasteiger partial charge in [-0.1, -0.05) is 12.1 Å². The van der Waals surface area contributed by atoms with Gasteiger partial charge in [0.1, 0.15) is 23.3 Å². The molecule has 2 aliphatic rings. The molecule has 2 fully saturated rings. The smallest absolute Gasteiger partial charge is 0.244 e. The van der Waals surface area contributed by atoms with E-state index in [9.17, 15) is 9.18 Å². The zero-order valence-corrected chi connectivity index (χ0v) is 14.1. The minimum Gasteiger partial charge on any atom is -0.317 e. The van der Waals surface area contributed by atoms with E-state index in [0.717, 1.165) is 5.56 Å². The number of carbonyl (C=O) groups excluding carboxylic acids is 1. The van der Waals surface area contributed by atoms with E-state index in [4.69, 9.17) is 5.73 Å². The number of amides is 1. The predicted molar refractivity (Wildman–Crippen MR) is 86.3 cm³/mol. The Morgan fingerprint density at radius 1 is 1.33 bits per heavy atom. The predicted octanol–water partition coefficient (Wildman–Crippen LogP) is 0.923.